The first kappa shape index (κ1) is 20.9. The van der Waals surface area contributed by atoms with E-state index in [9.17, 15) is 14.4 Å². The fourth-order valence-electron chi connectivity index (χ4n) is 5.17. The molecule has 2 heterocycles. The van der Waals surface area contributed by atoms with Crippen molar-refractivity contribution in [2.75, 3.05) is 25.0 Å². The van der Waals surface area contributed by atoms with Crippen molar-refractivity contribution in [3.8, 4) is 5.75 Å². The van der Waals surface area contributed by atoms with Gasteiger partial charge in [0.1, 0.15) is 5.75 Å². The summed E-state index contributed by atoms with van der Waals surface area (Å²) in [4.78, 5) is 39.4. The van der Waals surface area contributed by atoms with Gasteiger partial charge in [-0.05, 0) is 43.4 Å². The summed E-state index contributed by atoms with van der Waals surface area (Å²) in [7, 11) is 0. The van der Waals surface area contributed by atoms with E-state index >= 15 is 0 Å². The number of carbonyl (C=O) groups is 3. The van der Waals surface area contributed by atoms with E-state index in [4.69, 9.17) is 4.74 Å². The molecule has 1 atom stereocenters. The maximum absolute atomic E-state index is 13.0. The number of anilines is 1. The van der Waals surface area contributed by atoms with Crippen LogP contribution < -0.4 is 10.1 Å². The minimum atomic E-state index is -0.207. The van der Waals surface area contributed by atoms with Gasteiger partial charge in [0, 0.05) is 30.5 Å². The van der Waals surface area contributed by atoms with Gasteiger partial charge in [-0.2, -0.15) is 0 Å². The van der Waals surface area contributed by atoms with E-state index in [1.807, 2.05) is 4.90 Å². The van der Waals surface area contributed by atoms with Crippen LogP contribution in [0.4, 0.5) is 5.69 Å². The Labute approximate surface area is 178 Å². The third-order valence-electron chi connectivity index (χ3n) is 6.91. The molecule has 30 heavy (non-hydrogen) atoms. The fraction of sp³-hybridized carbons (Fsp3) is 0.625. The molecule has 2 aliphatic heterocycles. The predicted octanol–water partition coefficient (Wildman–Crippen LogP) is 4.05. The lowest BCUT2D eigenvalue weighted by atomic mass is 9.82. The molecule has 1 aliphatic carbocycles. The zero-order valence-electron chi connectivity index (χ0n) is 17.8. The number of rotatable bonds is 5. The minimum Gasteiger partial charge on any atom is -0.482 e. The minimum absolute atomic E-state index is 0.00590. The first-order valence-electron chi connectivity index (χ1n) is 11.4. The molecule has 1 saturated carbocycles. The van der Waals surface area contributed by atoms with Crippen LogP contribution in [0.25, 0.3) is 0 Å². The predicted molar refractivity (Wildman–Crippen MR) is 115 cm³/mol. The Bertz CT molecular complexity index is 807. The van der Waals surface area contributed by atoms with Crippen LogP contribution in [0.3, 0.4) is 0 Å². The molecule has 1 saturated heterocycles. The summed E-state index contributed by atoms with van der Waals surface area (Å²) in [5, 5.41) is 2.76. The SMILES string of the molecule is CC(CC1CCCCC1)C(=O)N1CCC(C(=O)c2ccc3c(c2)NC(=O)CO3)CC1. The second-order valence-electron chi connectivity index (χ2n) is 9.15. The lowest BCUT2D eigenvalue weighted by Gasteiger charge is -2.34. The lowest BCUT2D eigenvalue weighted by molar-refractivity contribution is -0.136. The van der Waals surface area contributed by atoms with Gasteiger partial charge in [0.25, 0.3) is 5.91 Å². The summed E-state index contributed by atoms with van der Waals surface area (Å²) in [6.45, 7) is 3.37. The van der Waals surface area contributed by atoms with Gasteiger partial charge in [-0.15, -0.1) is 0 Å². The monoisotopic (exact) mass is 412 g/mol. The van der Waals surface area contributed by atoms with Gasteiger partial charge in [-0.25, -0.2) is 0 Å². The molecule has 6 heteroatoms. The van der Waals surface area contributed by atoms with Crippen LogP contribution in [0.15, 0.2) is 18.2 Å². The third kappa shape index (κ3) is 4.68. The number of ether oxygens (including phenoxy) is 1. The van der Waals surface area contributed by atoms with E-state index in [0.717, 1.165) is 6.42 Å². The zero-order valence-corrected chi connectivity index (χ0v) is 17.8. The second-order valence-corrected chi connectivity index (χ2v) is 9.15. The highest BCUT2D eigenvalue weighted by Gasteiger charge is 2.31. The molecule has 2 amide bonds. The summed E-state index contributed by atoms with van der Waals surface area (Å²) < 4.78 is 5.37. The summed E-state index contributed by atoms with van der Waals surface area (Å²) in [5.41, 5.74) is 1.15. The number of hydrogen-bond acceptors (Lipinski definition) is 4. The number of piperidine rings is 1. The molecule has 2 fully saturated rings. The molecule has 0 spiro atoms. The van der Waals surface area contributed by atoms with Crippen LogP contribution in [0, 0.1) is 17.8 Å². The van der Waals surface area contributed by atoms with Gasteiger partial charge < -0.3 is 15.0 Å². The van der Waals surface area contributed by atoms with Crippen molar-refractivity contribution >= 4 is 23.3 Å². The lowest BCUT2D eigenvalue weighted by Crippen LogP contribution is -2.43. The third-order valence-corrected chi connectivity index (χ3v) is 6.91. The molecular weight excluding hydrogens is 380 g/mol. The number of likely N-dealkylation sites (tertiary alicyclic amines) is 1. The average Bonchev–Trinajstić information content (AvgIpc) is 2.78. The molecule has 0 bridgehead atoms. The van der Waals surface area contributed by atoms with E-state index in [0.29, 0.717) is 48.8 Å². The van der Waals surface area contributed by atoms with Gasteiger partial charge in [-0.3, -0.25) is 14.4 Å². The van der Waals surface area contributed by atoms with E-state index in [-0.39, 0.29) is 36.0 Å². The number of benzene rings is 1. The van der Waals surface area contributed by atoms with Crippen LogP contribution in [-0.2, 0) is 9.59 Å². The van der Waals surface area contributed by atoms with Crippen molar-refractivity contribution < 1.29 is 19.1 Å². The van der Waals surface area contributed by atoms with Crippen molar-refractivity contribution in [1.82, 2.24) is 4.90 Å². The Kier molecular flexibility index (Phi) is 6.40. The van der Waals surface area contributed by atoms with Gasteiger partial charge in [0.2, 0.25) is 5.91 Å². The topological polar surface area (TPSA) is 75.7 Å². The standard InChI is InChI=1S/C24H32N2O4/c1-16(13-17-5-3-2-4-6-17)24(29)26-11-9-18(10-12-26)23(28)19-7-8-21-20(14-19)25-22(27)15-30-21/h7-8,14,16-18H,2-6,9-13,15H2,1H3,(H,25,27). The number of ketones is 1. The van der Waals surface area contributed by atoms with Crippen molar-refractivity contribution in [2.24, 2.45) is 17.8 Å². The fourth-order valence-corrected chi connectivity index (χ4v) is 5.17. The van der Waals surface area contributed by atoms with Crippen molar-refractivity contribution in [3.05, 3.63) is 23.8 Å². The second kappa shape index (κ2) is 9.19. The molecule has 1 unspecified atom stereocenters. The normalized spacial score (nSPS) is 21.4. The molecule has 162 valence electrons. The number of fused-ring (bicyclic) bond motifs is 1. The van der Waals surface area contributed by atoms with Crippen LogP contribution >= 0.6 is 0 Å². The van der Waals surface area contributed by atoms with E-state index in [1.165, 1.54) is 32.1 Å². The molecule has 0 aromatic heterocycles. The summed E-state index contributed by atoms with van der Waals surface area (Å²) in [6.07, 6.45) is 8.86. The molecule has 6 nitrogen and oxygen atoms in total. The Morgan fingerprint density at radius 3 is 2.60 bits per heavy atom. The Balaban J connectivity index is 1.30. The maximum atomic E-state index is 13.0. The summed E-state index contributed by atoms with van der Waals surface area (Å²) in [5.74, 6) is 1.41. The average molecular weight is 413 g/mol. The smallest absolute Gasteiger partial charge is 0.262 e. The first-order chi connectivity index (χ1) is 14.5. The maximum Gasteiger partial charge on any atom is 0.262 e. The van der Waals surface area contributed by atoms with E-state index in [2.05, 4.69) is 12.2 Å². The number of carbonyl (C=O) groups excluding carboxylic acids is 3. The van der Waals surface area contributed by atoms with Crippen molar-refractivity contribution in [2.45, 2.75) is 58.3 Å². The molecule has 1 aromatic rings. The molecular formula is C24H32N2O4. The number of amides is 2. The van der Waals surface area contributed by atoms with Gasteiger partial charge in [0.05, 0.1) is 5.69 Å². The zero-order chi connectivity index (χ0) is 21.1. The molecule has 1 aromatic carbocycles. The van der Waals surface area contributed by atoms with Gasteiger partial charge in [-0.1, -0.05) is 39.0 Å². The van der Waals surface area contributed by atoms with Crippen LogP contribution in [0.2, 0.25) is 0 Å². The number of hydrogen-bond donors (Lipinski definition) is 1. The molecule has 1 N–H and O–H groups in total. The quantitative estimate of drug-likeness (QED) is 0.741. The summed E-state index contributed by atoms with van der Waals surface area (Å²) >= 11 is 0. The van der Waals surface area contributed by atoms with Crippen LogP contribution in [-0.4, -0.2) is 42.2 Å². The molecule has 3 aliphatic rings. The first-order valence-corrected chi connectivity index (χ1v) is 11.4. The number of nitrogens with one attached hydrogen (secondary N) is 1. The Hall–Kier alpha value is -2.37. The number of Topliss-reactive ketones (excluding diaryl/α,β-unsaturated/α-hetero) is 1. The van der Waals surface area contributed by atoms with Gasteiger partial charge in [0.15, 0.2) is 12.4 Å². The highest BCUT2D eigenvalue weighted by molar-refractivity contribution is 6.01. The number of nitrogens with zero attached hydrogens (tertiary/aromatic N) is 1. The van der Waals surface area contributed by atoms with Crippen LogP contribution in [0.5, 0.6) is 5.75 Å². The van der Waals surface area contributed by atoms with Gasteiger partial charge >= 0.3 is 0 Å². The van der Waals surface area contributed by atoms with Crippen molar-refractivity contribution in [1.29, 1.82) is 0 Å². The largest absolute Gasteiger partial charge is 0.482 e. The van der Waals surface area contributed by atoms with Crippen LogP contribution in [0.1, 0.15) is 68.6 Å². The molecule has 4 rings (SSSR count). The summed E-state index contributed by atoms with van der Waals surface area (Å²) in [6, 6.07) is 5.22. The highest BCUT2D eigenvalue weighted by Crippen LogP contribution is 2.32. The van der Waals surface area contributed by atoms with E-state index < -0.39 is 0 Å². The Morgan fingerprint density at radius 1 is 1.13 bits per heavy atom. The van der Waals surface area contributed by atoms with E-state index in [1.54, 1.807) is 18.2 Å². The van der Waals surface area contributed by atoms with Crippen molar-refractivity contribution in [3.63, 3.8) is 0 Å². The highest BCUT2D eigenvalue weighted by atomic mass is 16.5. The Morgan fingerprint density at radius 2 is 1.87 bits per heavy atom. The molecule has 0 radical (unpaired) electrons.